The first-order chi connectivity index (χ1) is 13.9. The van der Waals surface area contributed by atoms with E-state index < -0.39 is 28.3 Å². The number of hydrogen-bond acceptors (Lipinski definition) is 5. The van der Waals surface area contributed by atoms with Gasteiger partial charge in [-0.05, 0) is 48.5 Å². The average Bonchev–Trinajstić information content (AvgIpc) is 3.25. The van der Waals surface area contributed by atoms with Crippen molar-refractivity contribution >= 4 is 21.6 Å². The van der Waals surface area contributed by atoms with Gasteiger partial charge in [-0.25, -0.2) is 12.8 Å². The smallest absolute Gasteiger partial charge is 0.264 e. The second-order valence-corrected chi connectivity index (χ2v) is 7.86. The van der Waals surface area contributed by atoms with Crippen LogP contribution in [-0.2, 0) is 21.4 Å². The molecule has 0 atom stereocenters. The first-order valence-corrected chi connectivity index (χ1v) is 10.1. The Morgan fingerprint density at radius 1 is 1.10 bits per heavy atom. The quantitative estimate of drug-likeness (QED) is 0.608. The molecule has 1 amide bonds. The van der Waals surface area contributed by atoms with Crippen LogP contribution in [0, 0.1) is 5.82 Å². The van der Waals surface area contributed by atoms with E-state index in [1.54, 1.807) is 12.1 Å². The van der Waals surface area contributed by atoms with Gasteiger partial charge >= 0.3 is 0 Å². The lowest BCUT2D eigenvalue weighted by Gasteiger charge is -2.24. The lowest BCUT2D eigenvalue weighted by Crippen LogP contribution is -2.41. The predicted octanol–water partition coefficient (Wildman–Crippen LogP) is 2.94. The fourth-order valence-electron chi connectivity index (χ4n) is 2.61. The van der Waals surface area contributed by atoms with Crippen LogP contribution in [0.4, 0.5) is 10.1 Å². The minimum absolute atomic E-state index is 0.0829. The summed E-state index contributed by atoms with van der Waals surface area (Å²) in [6.45, 7) is -0.518. The van der Waals surface area contributed by atoms with Crippen molar-refractivity contribution in [2.75, 3.05) is 18.0 Å². The van der Waals surface area contributed by atoms with Crippen LogP contribution in [0.25, 0.3) is 0 Å². The third-order valence-corrected chi connectivity index (χ3v) is 5.87. The van der Waals surface area contributed by atoms with E-state index in [0.717, 1.165) is 10.4 Å². The molecule has 2 aromatic carbocycles. The van der Waals surface area contributed by atoms with Gasteiger partial charge in [0.25, 0.3) is 10.0 Å². The molecule has 0 radical (unpaired) electrons. The van der Waals surface area contributed by atoms with E-state index in [1.807, 2.05) is 0 Å². The summed E-state index contributed by atoms with van der Waals surface area (Å²) in [6.07, 6.45) is 1.46. The molecule has 152 valence electrons. The van der Waals surface area contributed by atoms with Crippen molar-refractivity contribution in [3.63, 3.8) is 0 Å². The standard InChI is InChI=1S/C20H19FN2O5S/c1-27-15-8-10-17(11-9-15)29(25,26)23(19-7-3-2-6-18(19)21)14-20(24)22-13-16-5-4-12-28-16/h2-12H,13-14H2,1H3,(H,22,24). The van der Waals surface area contributed by atoms with Crippen LogP contribution in [0.15, 0.2) is 76.2 Å². The van der Waals surface area contributed by atoms with Crippen LogP contribution >= 0.6 is 0 Å². The number of carbonyl (C=O) groups excluding carboxylic acids is 1. The number of halogens is 1. The normalized spacial score (nSPS) is 11.1. The Labute approximate surface area is 167 Å². The zero-order valence-corrected chi connectivity index (χ0v) is 16.4. The number of rotatable bonds is 8. The van der Waals surface area contributed by atoms with E-state index in [1.165, 1.54) is 55.8 Å². The monoisotopic (exact) mass is 418 g/mol. The van der Waals surface area contributed by atoms with Crippen molar-refractivity contribution in [1.82, 2.24) is 5.32 Å². The second-order valence-electron chi connectivity index (χ2n) is 5.99. The summed E-state index contributed by atoms with van der Waals surface area (Å²) in [7, 11) is -2.76. The van der Waals surface area contributed by atoms with E-state index in [9.17, 15) is 17.6 Å². The maximum Gasteiger partial charge on any atom is 0.264 e. The number of carbonyl (C=O) groups is 1. The molecule has 1 aromatic heterocycles. The van der Waals surface area contributed by atoms with Crippen molar-refractivity contribution < 1.29 is 26.8 Å². The molecule has 7 nitrogen and oxygen atoms in total. The highest BCUT2D eigenvalue weighted by Gasteiger charge is 2.29. The molecule has 3 aromatic rings. The summed E-state index contributed by atoms with van der Waals surface area (Å²) >= 11 is 0. The predicted molar refractivity (Wildman–Crippen MR) is 104 cm³/mol. The summed E-state index contributed by atoms with van der Waals surface area (Å²) in [5.74, 6) is -0.392. The number of benzene rings is 2. The van der Waals surface area contributed by atoms with Gasteiger partial charge in [0.2, 0.25) is 5.91 Å². The molecule has 0 spiro atoms. The number of sulfonamides is 1. The number of nitrogens with zero attached hydrogens (tertiary/aromatic N) is 1. The van der Waals surface area contributed by atoms with Crippen LogP contribution in [0.3, 0.4) is 0 Å². The zero-order chi connectivity index (χ0) is 20.9. The molecule has 0 unspecified atom stereocenters. The van der Waals surface area contributed by atoms with E-state index >= 15 is 0 Å². The van der Waals surface area contributed by atoms with Crippen molar-refractivity contribution in [1.29, 1.82) is 0 Å². The Kier molecular flexibility index (Phi) is 6.18. The lowest BCUT2D eigenvalue weighted by atomic mass is 10.3. The fourth-order valence-corrected chi connectivity index (χ4v) is 4.04. The van der Waals surface area contributed by atoms with Crippen molar-refractivity contribution in [3.05, 3.63) is 78.5 Å². The molecule has 0 aliphatic carbocycles. The number of anilines is 1. The fraction of sp³-hybridized carbons (Fsp3) is 0.150. The molecule has 0 saturated heterocycles. The van der Waals surface area contributed by atoms with Crippen LogP contribution in [-0.4, -0.2) is 28.0 Å². The van der Waals surface area contributed by atoms with Gasteiger partial charge < -0.3 is 14.5 Å². The maximum absolute atomic E-state index is 14.4. The summed E-state index contributed by atoms with van der Waals surface area (Å²) in [5.41, 5.74) is -0.225. The van der Waals surface area contributed by atoms with Gasteiger partial charge in [0.15, 0.2) is 0 Å². The van der Waals surface area contributed by atoms with Gasteiger partial charge in [-0.1, -0.05) is 12.1 Å². The zero-order valence-electron chi connectivity index (χ0n) is 15.5. The van der Waals surface area contributed by atoms with E-state index in [4.69, 9.17) is 9.15 Å². The highest BCUT2D eigenvalue weighted by molar-refractivity contribution is 7.92. The van der Waals surface area contributed by atoms with E-state index in [0.29, 0.717) is 11.5 Å². The van der Waals surface area contributed by atoms with Crippen LogP contribution in [0.5, 0.6) is 5.75 Å². The Morgan fingerprint density at radius 2 is 1.83 bits per heavy atom. The molecule has 0 saturated carbocycles. The SMILES string of the molecule is COc1ccc(S(=O)(=O)N(CC(=O)NCc2ccco2)c2ccccc2F)cc1. The average molecular weight is 418 g/mol. The minimum atomic E-state index is -4.22. The number of para-hydroxylation sites is 1. The Hall–Kier alpha value is -3.33. The minimum Gasteiger partial charge on any atom is -0.497 e. The van der Waals surface area contributed by atoms with Gasteiger partial charge in [0.1, 0.15) is 23.9 Å². The van der Waals surface area contributed by atoms with E-state index in [2.05, 4.69) is 5.32 Å². The lowest BCUT2D eigenvalue weighted by molar-refractivity contribution is -0.119. The first kappa shape index (κ1) is 20.4. The summed E-state index contributed by atoms with van der Waals surface area (Å²) in [5, 5.41) is 2.57. The number of methoxy groups -OCH3 is 1. The number of amides is 1. The van der Waals surface area contributed by atoms with Gasteiger partial charge in [0.05, 0.1) is 30.5 Å². The Balaban J connectivity index is 1.90. The Bertz CT molecular complexity index is 1070. The molecule has 29 heavy (non-hydrogen) atoms. The number of ether oxygens (including phenoxy) is 1. The third kappa shape index (κ3) is 4.75. The van der Waals surface area contributed by atoms with E-state index in [-0.39, 0.29) is 17.1 Å². The van der Waals surface area contributed by atoms with Crippen molar-refractivity contribution in [3.8, 4) is 5.75 Å². The molecule has 0 fully saturated rings. The van der Waals surface area contributed by atoms with Gasteiger partial charge in [-0.3, -0.25) is 9.10 Å². The summed E-state index contributed by atoms with van der Waals surface area (Å²) in [4.78, 5) is 12.3. The second kappa shape index (κ2) is 8.78. The van der Waals surface area contributed by atoms with Gasteiger partial charge in [-0.15, -0.1) is 0 Å². The van der Waals surface area contributed by atoms with Crippen LogP contribution in [0.2, 0.25) is 0 Å². The number of nitrogens with one attached hydrogen (secondary N) is 1. The molecule has 0 bridgehead atoms. The molecule has 0 aliphatic rings. The third-order valence-electron chi connectivity index (χ3n) is 4.10. The summed E-state index contributed by atoms with van der Waals surface area (Å²) in [6, 6.07) is 14.3. The topological polar surface area (TPSA) is 88.9 Å². The van der Waals surface area contributed by atoms with Crippen LogP contribution < -0.4 is 14.4 Å². The molecular formula is C20H19FN2O5S. The molecule has 0 aliphatic heterocycles. The first-order valence-electron chi connectivity index (χ1n) is 8.62. The summed E-state index contributed by atoms with van der Waals surface area (Å²) < 4.78 is 51.6. The largest absolute Gasteiger partial charge is 0.497 e. The molecule has 1 N–H and O–H groups in total. The van der Waals surface area contributed by atoms with Gasteiger partial charge in [-0.2, -0.15) is 0 Å². The highest BCUT2D eigenvalue weighted by atomic mass is 32.2. The van der Waals surface area contributed by atoms with Crippen molar-refractivity contribution in [2.24, 2.45) is 0 Å². The molecule has 9 heteroatoms. The van der Waals surface area contributed by atoms with Crippen molar-refractivity contribution in [2.45, 2.75) is 11.4 Å². The Morgan fingerprint density at radius 3 is 2.45 bits per heavy atom. The number of furan rings is 1. The number of hydrogen-bond donors (Lipinski definition) is 1. The molecule has 3 rings (SSSR count). The highest BCUT2D eigenvalue weighted by Crippen LogP contribution is 2.27. The molecule has 1 heterocycles. The van der Waals surface area contributed by atoms with Gasteiger partial charge in [0, 0.05) is 0 Å². The molecular weight excluding hydrogens is 399 g/mol. The maximum atomic E-state index is 14.4. The van der Waals surface area contributed by atoms with Crippen LogP contribution in [0.1, 0.15) is 5.76 Å².